The maximum Gasteiger partial charge on any atom is 0.116 e. The van der Waals surface area contributed by atoms with E-state index in [1.807, 2.05) is 66.9 Å². The highest BCUT2D eigenvalue weighted by Crippen LogP contribution is 2.29. The second-order valence-corrected chi connectivity index (χ2v) is 8.18. The largest absolute Gasteiger partial charge is 0.508 e. The van der Waals surface area contributed by atoms with Crippen LogP contribution in [-0.2, 0) is 0 Å². The number of hydrogen-bond acceptors (Lipinski definition) is 3. The number of fused-ring (bicyclic) bond motifs is 2. The lowest BCUT2D eigenvalue weighted by molar-refractivity contribution is 0.476. The smallest absolute Gasteiger partial charge is 0.116 e. The molecule has 0 radical (unpaired) electrons. The zero-order chi connectivity index (χ0) is 23.3. The highest BCUT2D eigenvalue weighted by atomic mass is 16.3. The summed E-state index contributed by atoms with van der Waals surface area (Å²) in [6.07, 6.45) is 3.65. The summed E-state index contributed by atoms with van der Waals surface area (Å²) in [7, 11) is 0. The molecule has 3 nitrogen and oxygen atoms in total. The molecule has 3 heteroatoms. The average molecular weight is 441 g/mol. The molecule has 34 heavy (non-hydrogen) atoms. The van der Waals surface area contributed by atoms with E-state index in [2.05, 4.69) is 53.3 Å². The van der Waals surface area contributed by atoms with Crippen LogP contribution in [0.1, 0.15) is 5.56 Å². The fraction of sp³-hybridized carbons (Fsp3) is 0.0323. The molecule has 164 valence electrons. The Morgan fingerprint density at radius 3 is 1.59 bits per heavy atom. The van der Waals surface area contributed by atoms with Crippen LogP contribution in [-0.4, -0.2) is 15.1 Å². The number of nitrogens with zero attached hydrogens (tertiary/aromatic N) is 2. The van der Waals surface area contributed by atoms with E-state index >= 15 is 0 Å². The van der Waals surface area contributed by atoms with Crippen LogP contribution in [0.4, 0.5) is 0 Å². The summed E-state index contributed by atoms with van der Waals surface area (Å²) in [6.45, 7) is 2.11. The van der Waals surface area contributed by atoms with Crippen molar-refractivity contribution < 1.29 is 5.11 Å². The first-order valence-electron chi connectivity index (χ1n) is 11.2. The van der Waals surface area contributed by atoms with E-state index in [9.17, 15) is 5.11 Å². The average Bonchev–Trinajstić information content (AvgIpc) is 2.89. The molecule has 0 fully saturated rings. The van der Waals surface area contributed by atoms with Crippen LogP contribution in [0.5, 0.6) is 5.75 Å². The number of aromatic nitrogens is 2. The molecule has 0 saturated carbocycles. The number of rotatable bonds is 2. The highest BCUT2D eigenvalue weighted by molar-refractivity contribution is 5.95. The third-order valence-electron chi connectivity index (χ3n) is 5.76. The van der Waals surface area contributed by atoms with E-state index in [0.29, 0.717) is 0 Å². The molecular weight excluding hydrogens is 416 g/mol. The molecule has 6 aromatic rings. The lowest BCUT2D eigenvalue weighted by atomic mass is 10.0. The summed E-state index contributed by atoms with van der Waals surface area (Å²) in [5, 5.41) is 14.0. The normalized spacial score (nSPS) is 10.6. The van der Waals surface area contributed by atoms with Crippen LogP contribution >= 0.6 is 0 Å². The SMILES string of the molecule is Cc1ccc2c(-c3ccccc3)nccc2c1.Oc1ccc2c(-c3ccccc3)nccc2c1. The minimum absolute atomic E-state index is 0.280. The summed E-state index contributed by atoms with van der Waals surface area (Å²) in [4.78, 5) is 8.93. The minimum atomic E-state index is 0.280. The molecule has 0 atom stereocenters. The van der Waals surface area contributed by atoms with Gasteiger partial charge in [-0.25, -0.2) is 0 Å². The van der Waals surface area contributed by atoms with Gasteiger partial charge in [-0.05, 0) is 48.0 Å². The van der Waals surface area contributed by atoms with Gasteiger partial charge in [0, 0.05) is 34.3 Å². The topological polar surface area (TPSA) is 46.0 Å². The van der Waals surface area contributed by atoms with Crippen molar-refractivity contribution >= 4 is 21.5 Å². The Balaban J connectivity index is 0.000000142. The van der Waals surface area contributed by atoms with Crippen molar-refractivity contribution in [3.05, 3.63) is 127 Å². The first-order chi connectivity index (χ1) is 16.7. The first-order valence-corrected chi connectivity index (χ1v) is 11.2. The molecule has 1 N–H and O–H groups in total. The molecular formula is C31H24N2O. The van der Waals surface area contributed by atoms with E-state index in [-0.39, 0.29) is 5.75 Å². The Bertz CT molecular complexity index is 1440. The Hall–Kier alpha value is -4.50. The zero-order valence-corrected chi connectivity index (χ0v) is 18.9. The third-order valence-corrected chi connectivity index (χ3v) is 5.76. The van der Waals surface area contributed by atoms with Crippen molar-refractivity contribution in [3.63, 3.8) is 0 Å². The van der Waals surface area contributed by atoms with Crippen LogP contribution in [0.25, 0.3) is 44.1 Å². The van der Waals surface area contributed by atoms with Crippen LogP contribution in [0.3, 0.4) is 0 Å². The number of phenolic OH excluding ortho intramolecular Hbond substituents is 1. The second kappa shape index (κ2) is 9.55. The van der Waals surface area contributed by atoms with Crippen LogP contribution in [0, 0.1) is 6.92 Å². The molecule has 4 aromatic carbocycles. The lowest BCUT2D eigenvalue weighted by Crippen LogP contribution is -1.86. The first kappa shape index (κ1) is 21.4. The zero-order valence-electron chi connectivity index (χ0n) is 18.9. The number of phenols is 1. The van der Waals surface area contributed by atoms with Crippen LogP contribution < -0.4 is 0 Å². The number of benzene rings is 4. The van der Waals surface area contributed by atoms with Crippen molar-refractivity contribution in [1.82, 2.24) is 9.97 Å². The Morgan fingerprint density at radius 2 is 1.03 bits per heavy atom. The number of aromatic hydroxyl groups is 1. The van der Waals surface area contributed by atoms with Crippen molar-refractivity contribution in [2.75, 3.05) is 0 Å². The van der Waals surface area contributed by atoms with Gasteiger partial charge in [0.2, 0.25) is 0 Å². The fourth-order valence-corrected chi connectivity index (χ4v) is 4.11. The van der Waals surface area contributed by atoms with Gasteiger partial charge in [-0.3, -0.25) is 9.97 Å². The molecule has 2 heterocycles. The molecule has 2 aromatic heterocycles. The molecule has 0 aliphatic rings. The summed E-state index contributed by atoms with van der Waals surface area (Å²) < 4.78 is 0. The molecule has 6 rings (SSSR count). The molecule has 0 aliphatic heterocycles. The van der Waals surface area contributed by atoms with E-state index in [1.54, 1.807) is 18.3 Å². The van der Waals surface area contributed by atoms with Gasteiger partial charge in [-0.2, -0.15) is 0 Å². The molecule has 0 amide bonds. The predicted octanol–water partition coefficient (Wildman–Crippen LogP) is 7.82. The third kappa shape index (κ3) is 4.50. The van der Waals surface area contributed by atoms with Crippen molar-refractivity contribution in [1.29, 1.82) is 0 Å². The second-order valence-electron chi connectivity index (χ2n) is 8.18. The summed E-state index contributed by atoms with van der Waals surface area (Å²) >= 11 is 0. The van der Waals surface area contributed by atoms with E-state index < -0.39 is 0 Å². The van der Waals surface area contributed by atoms with Gasteiger partial charge in [-0.15, -0.1) is 0 Å². The summed E-state index contributed by atoms with van der Waals surface area (Å²) in [5.41, 5.74) is 5.54. The van der Waals surface area contributed by atoms with Crippen molar-refractivity contribution in [3.8, 4) is 28.3 Å². The lowest BCUT2D eigenvalue weighted by Gasteiger charge is -2.06. The standard InChI is InChI=1S/C16H13N.C15H11NO/c1-12-7-8-15-14(11-12)9-10-17-16(15)13-5-3-2-4-6-13;17-13-6-7-14-12(10-13)8-9-16-15(14)11-4-2-1-3-5-11/h2-11H,1H3;1-10,17H. The molecule has 0 saturated heterocycles. The molecule has 0 bridgehead atoms. The van der Waals surface area contributed by atoms with Gasteiger partial charge < -0.3 is 5.11 Å². The Labute approximate surface area is 199 Å². The minimum Gasteiger partial charge on any atom is -0.508 e. The van der Waals surface area contributed by atoms with Gasteiger partial charge in [0.25, 0.3) is 0 Å². The van der Waals surface area contributed by atoms with Gasteiger partial charge in [-0.1, -0.05) is 84.4 Å². The summed E-state index contributed by atoms with van der Waals surface area (Å²) in [6, 6.07) is 36.2. The number of hydrogen-bond donors (Lipinski definition) is 1. The quantitative estimate of drug-likeness (QED) is 0.298. The van der Waals surface area contributed by atoms with E-state index in [0.717, 1.165) is 27.7 Å². The Morgan fingerprint density at radius 1 is 0.529 bits per heavy atom. The van der Waals surface area contributed by atoms with E-state index in [4.69, 9.17) is 0 Å². The van der Waals surface area contributed by atoms with Gasteiger partial charge in [0.1, 0.15) is 5.75 Å². The highest BCUT2D eigenvalue weighted by Gasteiger charge is 2.05. The molecule has 0 unspecified atom stereocenters. The number of aryl methyl sites for hydroxylation is 1. The maximum atomic E-state index is 9.47. The van der Waals surface area contributed by atoms with Crippen molar-refractivity contribution in [2.45, 2.75) is 6.92 Å². The van der Waals surface area contributed by atoms with Crippen molar-refractivity contribution in [2.24, 2.45) is 0 Å². The fourth-order valence-electron chi connectivity index (χ4n) is 4.11. The predicted molar refractivity (Wildman–Crippen MR) is 141 cm³/mol. The molecule has 0 aliphatic carbocycles. The van der Waals surface area contributed by atoms with Crippen LogP contribution in [0.2, 0.25) is 0 Å². The van der Waals surface area contributed by atoms with Crippen LogP contribution in [0.15, 0.2) is 122 Å². The van der Waals surface area contributed by atoms with Gasteiger partial charge >= 0.3 is 0 Å². The monoisotopic (exact) mass is 440 g/mol. The molecule has 0 spiro atoms. The van der Waals surface area contributed by atoms with Gasteiger partial charge in [0.15, 0.2) is 0 Å². The maximum absolute atomic E-state index is 9.47. The Kier molecular flexibility index (Phi) is 6.00. The van der Waals surface area contributed by atoms with E-state index in [1.165, 1.54) is 21.9 Å². The summed E-state index contributed by atoms with van der Waals surface area (Å²) in [5.74, 6) is 0.280. The van der Waals surface area contributed by atoms with Gasteiger partial charge in [0.05, 0.1) is 11.4 Å². The number of pyridine rings is 2.